The number of hydrogen-bond donors (Lipinski definition) is 3. The van der Waals surface area contributed by atoms with Crippen LogP contribution < -0.4 is 15.4 Å². The minimum absolute atomic E-state index is 0.0365. The number of aromatic nitrogens is 1. The summed E-state index contributed by atoms with van der Waals surface area (Å²) in [6, 6.07) is 33.4. The van der Waals surface area contributed by atoms with E-state index in [4.69, 9.17) is 9.47 Å². The van der Waals surface area contributed by atoms with Crippen molar-refractivity contribution in [3.05, 3.63) is 127 Å². The third-order valence-corrected chi connectivity index (χ3v) is 6.44. The number of nitrogens with one attached hydrogen (secondary N) is 3. The van der Waals surface area contributed by atoms with Crippen LogP contribution in [0.3, 0.4) is 0 Å². The first-order valence-corrected chi connectivity index (χ1v) is 13.2. The van der Waals surface area contributed by atoms with Gasteiger partial charge in [-0.3, -0.25) is 9.59 Å². The lowest BCUT2D eigenvalue weighted by molar-refractivity contribution is -0.128. The molecule has 5 aromatic rings. The number of benzene rings is 4. The number of carbonyl (C=O) groups excluding carboxylic acids is 2. The van der Waals surface area contributed by atoms with Gasteiger partial charge in [0.15, 0.2) is 0 Å². The molecule has 0 spiro atoms. The van der Waals surface area contributed by atoms with Gasteiger partial charge in [-0.15, -0.1) is 0 Å². The molecule has 0 saturated heterocycles. The highest BCUT2D eigenvalue weighted by Crippen LogP contribution is 2.23. The second-order valence-electron chi connectivity index (χ2n) is 9.41. The zero-order chi connectivity index (χ0) is 27.6. The zero-order valence-corrected chi connectivity index (χ0v) is 22.0. The van der Waals surface area contributed by atoms with Gasteiger partial charge < -0.3 is 25.1 Å². The van der Waals surface area contributed by atoms with Crippen molar-refractivity contribution >= 4 is 28.4 Å². The lowest BCUT2D eigenvalue weighted by Gasteiger charge is -2.19. The van der Waals surface area contributed by atoms with Crippen LogP contribution in [0.5, 0.6) is 11.5 Å². The Balaban J connectivity index is 1.20. The Morgan fingerprint density at radius 1 is 0.775 bits per heavy atom. The van der Waals surface area contributed by atoms with Crippen molar-refractivity contribution in [3.63, 3.8) is 0 Å². The fourth-order valence-corrected chi connectivity index (χ4v) is 4.37. The highest BCUT2D eigenvalue weighted by atomic mass is 16.5. The molecule has 0 aliphatic heterocycles. The summed E-state index contributed by atoms with van der Waals surface area (Å²) in [6.45, 7) is 0.371. The molecule has 202 valence electrons. The van der Waals surface area contributed by atoms with Gasteiger partial charge >= 0.3 is 0 Å². The van der Waals surface area contributed by atoms with E-state index in [0.29, 0.717) is 24.5 Å². The topological polar surface area (TPSA) is 92.5 Å². The molecule has 7 heteroatoms. The number of hydrogen-bond acceptors (Lipinski definition) is 4. The molecule has 0 fully saturated rings. The van der Waals surface area contributed by atoms with E-state index in [2.05, 4.69) is 15.6 Å². The maximum Gasteiger partial charge on any atom is 0.249 e. The Labute approximate surface area is 233 Å². The molecular formula is C33H31N3O4. The van der Waals surface area contributed by atoms with Crippen molar-refractivity contribution in [3.8, 4) is 11.5 Å². The van der Waals surface area contributed by atoms with Crippen molar-refractivity contribution < 1.29 is 19.1 Å². The monoisotopic (exact) mass is 533 g/mol. The number of aromatic amines is 1. The number of ether oxygens (including phenoxy) is 2. The van der Waals surface area contributed by atoms with Crippen molar-refractivity contribution in [2.75, 3.05) is 11.9 Å². The molecule has 0 radical (unpaired) electrons. The summed E-state index contributed by atoms with van der Waals surface area (Å²) >= 11 is 0. The average Bonchev–Trinajstić information content (AvgIpc) is 3.41. The number of fused-ring (bicyclic) bond motifs is 1. The third kappa shape index (κ3) is 7.36. The van der Waals surface area contributed by atoms with Crippen LogP contribution in [0.4, 0.5) is 5.69 Å². The number of amides is 2. The highest BCUT2D eigenvalue weighted by molar-refractivity contribution is 5.97. The first-order valence-electron chi connectivity index (χ1n) is 13.2. The first kappa shape index (κ1) is 26.7. The Kier molecular flexibility index (Phi) is 8.86. The molecule has 1 unspecified atom stereocenters. The molecule has 0 bridgehead atoms. The van der Waals surface area contributed by atoms with Crippen LogP contribution in [-0.4, -0.2) is 29.4 Å². The smallest absolute Gasteiger partial charge is 0.249 e. The van der Waals surface area contributed by atoms with E-state index in [1.165, 1.54) is 0 Å². The van der Waals surface area contributed by atoms with Gasteiger partial charge in [-0.1, -0.05) is 66.7 Å². The SMILES string of the molecule is O=C(CCc1c[nH]c2ccccc12)NC(COCc1ccccc1)C(=O)Nc1ccc(Oc2ccccc2)cc1. The van der Waals surface area contributed by atoms with Crippen LogP contribution in [0.1, 0.15) is 17.5 Å². The Morgan fingerprint density at radius 3 is 2.23 bits per heavy atom. The Morgan fingerprint density at radius 2 is 1.45 bits per heavy atom. The molecule has 0 saturated carbocycles. The van der Waals surface area contributed by atoms with Crippen molar-refractivity contribution in [2.24, 2.45) is 0 Å². The van der Waals surface area contributed by atoms with E-state index in [1.54, 1.807) is 24.3 Å². The molecule has 4 aromatic carbocycles. The van der Waals surface area contributed by atoms with Gasteiger partial charge in [0.2, 0.25) is 11.8 Å². The van der Waals surface area contributed by atoms with Crippen molar-refractivity contribution in [1.29, 1.82) is 0 Å². The van der Waals surface area contributed by atoms with Gasteiger partial charge in [-0.25, -0.2) is 0 Å². The molecule has 0 aliphatic carbocycles. The molecule has 5 rings (SSSR count). The second-order valence-corrected chi connectivity index (χ2v) is 9.41. The van der Waals surface area contributed by atoms with Crippen LogP contribution in [0.25, 0.3) is 10.9 Å². The fourth-order valence-electron chi connectivity index (χ4n) is 4.37. The third-order valence-electron chi connectivity index (χ3n) is 6.44. The van der Waals surface area contributed by atoms with Crippen LogP contribution >= 0.6 is 0 Å². The summed E-state index contributed by atoms with van der Waals surface area (Å²) in [5.41, 5.74) is 3.67. The number of anilines is 1. The van der Waals surface area contributed by atoms with Gasteiger partial charge in [0.05, 0.1) is 13.2 Å². The molecule has 3 N–H and O–H groups in total. The molecule has 7 nitrogen and oxygen atoms in total. The number of H-pyrrole nitrogens is 1. The summed E-state index contributed by atoms with van der Waals surface area (Å²) in [4.78, 5) is 29.4. The van der Waals surface area contributed by atoms with E-state index in [0.717, 1.165) is 27.8 Å². The molecule has 1 aromatic heterocycles. The standard InChI is InChI=1S/C33H31N3O4/c37-32(20-15-25-21-34-30-14-8-7-13-29(25)30)36-31(23-39-22-24-9-3-1-4-10-24)33(38)35-26-16-18-28(19-17-26)40-27-11-5-2-6-12-27/h1-14,16-19,21,31,34H,15,20,22-23H2,(H,35,38)(H,36,37). The van der Waals surface area contributed by atoms with E-state index in [9.17, 15) is 9.59 Å². The van der Waals surface area contributed by atoms with Crippen molar-refractivity contribution in [1.82, 2.24) is 10.3 Å². The van der Waals surface area contributed by atoms with Crippen LogP contribution in [-0.2, 0) is 27.4 Å². The maximum absolute atomic E-state index is 13.2. The van der Waals surface area contributed by atoms with Gasteiger partial charge in [-0.2, -0.15) is 0 Å². The van der Waals surface area contributed by atoms with E-state index in [-0.39, 0.29) is 24.8 Å². The maximum atomic E-state index is 13.2. The van der Waals surface area contributed by atoms with Gasteiger partial charge in [-0.05, 0) is 60.0 Å². The van der Waals surface area contributed by atoms with Gasteiger partial charge in [0.25, 0.3) is 0 Å². The van der Waals surface area contributed by atoms with Crippen LogP contribution in [0.2, 0.25) is 0 Å². The number of aryl methyl sites for hydroxylation is 1. The van der Waals surface area contributed by atoms with Crippen LogP contribution in [0, 0.1) is 0 Å². The highest BCUT2D eigenvalue weighted by Gasteiger charge is 2.22. The van der Waals surface area contributed by atoms with Gasteiger partial charge in [0.1, 0.15) is 17.5 Å². The summed E-state index contributed by atoms with van der Waals surface area (Å²) in [7, 11) is 0. The summed E-state index contributed by atoms with van der Waals surface area (Å²) in [5.74, 6) is 0.799. The number of para-hydroxylation sites is 2. The molecule has 1 atom stereocenters. The zero-order valence-electron chi connectivity index (χ0n) is 22.0. The number of carbonyl (C=O) groups is 2. The quantitative estimate of drug-likeness (QED) is 0.177. The number of rotatable bonds is 12. The predicted octanol–water partition coefficient (Wildman–Crippen LogP) is 6.23. The molecule has 40 heavy (non-hydrogen) atoms. The summed E-state index contributed by atoms with van der Waals surface area (Å²) in [6.07, 6.45) is 2.73. The van der Waals surface area contributed by atoms with E-state index < -0.39 is 6.04 Å². The first-order chi connectivity index (χ1) is 19.6. The molecular weight excluding hydrogens is 502 g/mol. The Bertz CT molecular complexity index is 1530. The largest absolute Gasteiger partial charge is 0.457 e. The second kappa shape index (κ2) is 13.3. The van der Waals surface area contributed by atoms with E-state index in [1.807, 2.05) is 91.1 Å². The molecule has 1 heterocycles. The Hall–Kier alpha value is -4.88. The molecule has 2 amide bonds. The fraction of sp³-hybridized carbons (Fsp3) is 0.152. The normalized spacial score (nSPS) is 11.6. The lowest BCUT2D eigenvalue weighted by atomic mass is 10.1. The minimum Gasteiger partial charge on any atom is -0.457 e. The van der Waals surface area contributed by atoms with E-state index >= 15 is 0 Å². The molecule has 0 aliphatic rings. The predicted molar refractivity (Wildman–Crippen MR) is 156 cm³/mol. The minimum atomic E-state index is -0.862. The summed E-state index contributed by atoms with van der Waals surface area (Å²) < 4.78 is 11.7. The lowest BCUT2D eigenvalue weighted by Crippen LogP contribution is -2.46. The average molecular weight is 534 g/mol. The summed E-state index contributed by atoms with van der Waals surface area (Å²) in [5, 5.41) is 6.85. The van der Waals surface area contributed by atoms with Gasteiger partial charge in [0, 0.05) is 29.2 Å². The van der Waals surface area contributed by atoms with Crippen molar-refractivity contribution in [2.45, 2.75) is 25.5 Å². The van der Waals surface area contributed by atoms with Crippen LogP contribution in [0.15, 0.2) is 115 Å².